The van der Waals surface area contributed by atoms with Gasteiger partial charge >= 0.3 is 0 Å². The number of carbonyl (C=O) groups excluding carboxylic acids is 1. The Bertz CT molecular complexity index is 502. The molecule has 1 N–H and O–H groups in total. The van der Waals surface area contributed by atoms with E-state index in [4.69, 9.17) is 4.74 Å². The van der Waals surface area contributed by atoms with E-state index in [9.17, 15) is 4.79 Å². The van der Waals surface area contributed by atoms with E-state index >= 15 is 0 Å². The van der Waals surface area contributed by atoms with Crippen LogP contribution >= 0.6 is 0 Å². The molecule has 0 unspecified atom stereocenters. The van der Waals surface area contributed by atoms with Crippen LogP contribution in [0.25, 0.3) is 0 Å². The molecule has 2 saturated heterocycles. The number of hydrogen-bond donors (Lipinski definition) is 1. The number of nitrogens with zero attached hydrogens (tertiary/aromatic N) is 2. The van der Waals surface area contributed by atoms with Gasteiger partial charge in [-0.2, -0.15) is 0 Å². The highest BCUT2D eigenvalue weighted by molar-refractivity contribution is 5.76. The number of likely N-dealkylation sites (tertiary alicyclic amines) is 1. The third-order valence-corrected chi connectivity index (χ3v) is 5.05. The molecule has 0 radical (unpaired) electrons. The van der Waals surface area contributed by atoms with Crippen LogP contribution in [0.2, 0.25) is 0 Å². The summed E-state index contributed by atoms with van der Waals surface area (Å²) in [5.74, 6) is 0.566. The van der Waals surface area contributed by atoms with Gasteiger partial charge in [0.05, 0.1) is 12.5 Å². The smallest absolute Gasteiger partial charge is 0.222 e. The molecule has 0 spiro atoms. The quantitative estimate of drug-likeness (QED) is 0.904. The number of rotatable bonds is 5. The van der Waals surface area contributed by atoms with Crippen molar-refractivity contribution in [2.24, 2.45) is 5.92 Å². The van der Waals surface area contributed by atoms with E-state index in [0.717, 1.165) is 39.0 Å². The molecule has 0 aliphatic carbocycles. The van der Waals surface area contributed by atoms with Gasteiger partial charge in [0.25, 0.3) is 0 Å². The van der Waals surface area contributed by atoms with Crippen molar-refractivity contribution in [1.82, 2.24) is 15.2 Å². The van der Waals surface area contributed by atoms with Crippen molar-refractivity contribution in [3.63, 3.8) is 0 Å². The normalized spacial score (nSPS) is 28.7. The van der Waals surface area contributed by atoms with Crippen LogP contribution in [0.15, 0.2) is 24.5 Å². The molecule has 2 fully saturated rings. The van der Waals surface area contributed by atoms with Crippen LogP contribution in [-0.2, 0) is 9.53 Å². The molecule has 1 aromatic heterocycles. The van der Waals surface area contributed by atoms with E-state index in [-0.39, 0.29) is 12.0 Å². The molecule has 3 heterocycles. The van der Waals surface area contributed by atoms with Gasteiger partial charge in [0.1, 0.15) is 0 Å². The first-order valence-electron chi connectivity index (χ1n) is 8.72. The summed E-state index contributed by atoms with van der Waals surface area (Å²) in [7, 11) is 2.15. The topological polar surface area (TPSA) is 54.5 Å². The van der Waals surface area contributed by atoms with Gasteiger partial charge in [0, 0.05) is 31.6 Å². The fraction of sp³-hybridized carbons (Fsp3) is 0.667. The first-order valence-corrected chi connectivity index (χ1v) is 8.72. The predicted molar refractivity (Wildman–Crippen MR) is 88.9 cm³/mol. The minimum absolute atomic E-state index is 0.115. The molecule has 23 heavy (non-hydrogen) atoms. The molecule has 1 aromatic rings. The van der Waals surface area contributed by atoms with Gasteiger partial charge in [-0.15, -0.1) is 0 Å². The monoisotopic (exact) mass is 317 g/mol. The van der Waals surface area contributed by atoms with Gasteiger partial charge in [0.2, 0.25) is 5.91 Å². The van der Waals surface area contributed by atoms with Crippen LogP contribution < -0.4 is 5.32 Å². The largest absolute Gasteiger partial charge is 0.378 e. The predicted octanol–water partition coefficient (Wildman–Crippen LogP) is 2.15. The van der Waals surface area contributed by atoms with Crippen LogP contribution in [0.5, 0.6) is 0 Å². The van der Waals surface area contributed by atoms with Gasteiger partial charge in [-0.25, -0.2) is 0 Å². The summed E-state index contributed by atoms with van der Waals surface area (Å²) < 4.78 is 5.65. The number of pyridine rings is 1. The van der Waals surface area contributed by atoms with Gasteiger partial charge < -0.3 is 10.1 Å². The summed E-state index contributed by atoms with van der Waals surface area (Å²) in [6.45, 7) is 2.59. The first-order chi connectivity index (χ1) is 11.2. The van der Waals surface area contributed by atoms with Gasteiger partial charge in [0.15, 0.2) is 0 Å². The van der Waals surface area contributed by atoms with Crippen LogP contribution in [0.3, 0.4) is 0 Å². The van der Waals surface area contributed by atoms with Crippen LogP contribution in [0.1, 0.15) is 43.7 Å². The first kappa shape index (κ1) is 16.4. The van der Waals surface area contributed by atoms with E-state index in [2.05, 4.69) is 28.3 Å². The third-order valence-electron chi connectivity index (χ3n) is 5.05. The average molecular weight is 317 g/mol. The highest BCUT2D eigenvalue weighted by Crippen LogP contribution is 2.35. The third kappa shape index (κ3) is 4.30. The molecule has 5 heteroatoms. The Kier molecular flexibility index (Phi) is 5.62. The average Bonchev–Trinajstić information content (AvgIpc) is 2.95. The summed E-state index contributed by atoms with van der Waals surface area (Å²) in [5, 5.41) is 3.13. The second kappa shape index (κ2) is 7.88. The fourth-order valence-electron chi connectivity index (χ4n) is 3.81. The lowest BCUT2D eigenvalue weighted by Gasteiger charge is -2.26. The van der Waals surface area contributed by atoms with Crippen LogP contribution in [-0.4, -0.2) is 48.6 Å². The summed E-state index contributed by atoms with van der Waals surface area (Å²) in [4.78, 5) is 18.8. The van der Waals surface area contributed by atoms with E-state index in [1.165, 1.54) is 12.0 Å². The van der Waals surface area contributed by atoms with Gasteiger partial charge in [-0.1, -0.05) is 6.07 Å². The Morgan fingerprint density at radius 2 is 2.35 bits per heavy atom. The highest BCUT2D eigenvalue weighted by Gasteiger charge is 2.33. The van der Waals surface area contributed by atoms with Crippen molar-refractivity contribution in [2.75, 3.05) is 26.7 Å². The number of carbonyl (C=O) groups is 1. The van der Waals surface area contributed by atoms with Gasteiger partial charge in [-0.05, 0) is 56.8 Å². The maximum Gasteiger partial charge on any atom is 0.222 e. The maximum atomic E-state index is 12.2. The zero-order valence-corrected chi connectivity index (χ0v) is 13.9. The van der Waals surface area contributed by atoms with E-state index in [0.29, 0.717) is 18.4 Å². The van der Waals surface area contributed by atoms with E-state index in [1.807, 2.05) is 12.3 Å². The molecule has 2 aliphatic heterocycles. The molecule has 126 valence electrons. The van der Waals surface area contributed by atoms with Crippen molar-refractivity contribution < 1.29 is 9.53 Å². The second-order valence-corrected chi connectivity index (χ2v) is 6.76. The van der Waals surface area contributed by atoms with Crippen molar-refractivity contribution in [1.29, 1.82) is 0 Å². The molecule has 0 bridgehead atoms. The molecule has 3 atom stereocenters. The molecule has 3 rings (SSSR count). The Labute approximate surface area is 138 Å². The molecular weight excluding hydrogens is 290 g/mol. The Morgan fingerprint density at radius 1 is 1.43 bits per heavy atom. The molecule has 0 aromatic carbocycles. The maximum absolute atomic E-state index is 12.2. The van der Waals surface area contributed by atoms with Crippen LogP contribution in [0.4, 0.5) is 0 Å². The second-order valence-electron chi connectivity index (χ2n) is 6.76. The SMILES string of the molecule is CN1CC[C@@H](CNC(=O)C[C@@H]2CCCCO2)[C@@H]1c1cccnc1. The van der Waals surface area contributed by atoms with Gasteiger partial charge in [-0.3, -0.25) is 14.7 Å². The molecule has 0 saturated carbocycles. The lowest BCUT2D eigenvalue weighted by molar-refractivity contribution is -0.125. The Hall–Kier alpha value is -1.46. The highest BCUT2D eigenvalue weighted by atomic mass is 16.5. The lowest BCUT2D eigenvalue weighted by Crippen LogP contribution is -2.35. The summed E-state index contributed by atoms with van der Waals surface area (Å²) in [6, 6.07) is 4.46. The van der Waals surface area contributed by atoms with E-state index in [1.54, 1.807) is 6.20 Å². The zero-order chi connectivity index (χ0) is 16.1. The van der Waals surface area contributed by atoms with Crippen molar-refractivity contribution in [3.05, 3.63) is 30.1 Å². The Morgan fingerprint density at radius 3 is 3.09 bits per heavy atom. The number of nitrogens with one attached hydrogen (secondary N) is 1. The van der Waals surface area contributed by atoms with Crippen molar-refractivity contribution >= 4 is 5.91 Å². The van der Waals surface area contributed by atoms with Crippen molar-refractivity contribution in [3.8, 4) is 0 Å². The lowest BCUT2D eigenvalue weighted by atomic mass is 9.94. The zero-order valence-electron chi connectivity index (χ0n) is 13.9. The van der Waals surface area contributed by atoms with E-state index < -0.39 is 0 Å². The number of hydrogen-bond acceptors (Lipinski definition) is 4. The number of aromatic nitrogens is 1. The van der Waals surface area contributed by atoms with Crippen molar-refractivity contribution in [2.45, 2.75) is 44.2 Å². The number of amides is 1. The molecule has 2 aliphatic rings. The molecular formula is C18H27N3O2. The molecule has 1 amide bonds. The van der Waals surface area contributed by atoms with Crippen LogP contribution in [0, 0.1) is 5.92 Å². The minimum atomic E-state index is 0.115. The minimum Gasteiger partial charge on any atom is -0.378 e. The number of ether oxygens (including phenoxy) is 1. The fourth-order valence-corrected chi connectivity index (χ4v) is 3.81. The summed E-state index contributed by atoms with van der Waals surface area (Å²) >= 11 is 0. The summed E-state index contributed by atoms with van der Waals surface area (Å²) in [5.41, 5.74) is 1.24. The summed E-state index contributed by atoms with van der Waals surface area (Å²) in [6.07, 6.45) is 8.78. The molecule has 5 nitrogen and oxygen atoms in total. The standard InChI is InChI=1S/C18H27N3O2/c1-21-9-7-15(18(21)14-5-4-8-19-12-14)13-20-17(22)11-16-6-2-3-10-23-16/h4-5,8,12,15-16,18H,2-3,6-7,9-11,13H2,1H3,(H,20,22)/t15-,16-,18-/m0/s1. The Balaban J connectivity index is 1.51.